The van der Waals surface area contributed by atoms with Crippen molar-refractivity contribution in [2.75, 3.05) is 11.9 Å². The molecule has 0 unspecified atom stereocenters. The second kappa shape index (κ2) is 3.37. The van der Waals surface area contributed by atoms with Gasteiger partial charge in [-0.25, -0.2) is 4.98 Å². The first-order valence-electron chi connectivity index (χ1n) is 5.64. The fraction of sp³-hybridized carbons (Fsp3) is 0.308. The molecule has 1 aliphatic rings. The Kier molecular flexibility index (Phi) is 1.99. The number of rotatable bonds is 1. The van der Waals surface area contributed by atoms with Gasteiger partial charge >= 0.3 is 0 Å². The Labute approximate surface area is 94.9 Å². The first-order valence-corrected chi connectivity index (χ1v) is 5.64. The fourth-order valence-corrected chi connectivity index (χ4v) is 2.14. The van der Waals surface area contributed by atoms with Gasteiger partial charge in [0.05, 0.1) is 5.69 Å². The van der Waals surface area contributed by atoms with Crippen molar-refractivity contribution in [1.29, 1.82) is 0 Å². The van der Waals surface area contributed by atoms with Crippen LogP contribution >= 0.6 is 0 Å². The zero-order valence-electron chi connectivity index (χ0n) is 9.59. The average molecular weight is 213 g/mol. The molecule has 0 atom stereocenters. The van der Waals surface area contributed by atoms with Crippen LogP contribution in [0.3, 0.4) is 0 Å². The standard InChI is InChI=1S/C13H15N3/c1-8-9(2)16-13(15-8)11-3-4-12-10(7-11)5-6-14-12/h3-4,7,14H,5-6H2,1-2H3,(H,15,16). The molecule has 0 amide bonds. The van der Waals surface area contributed by atoms with Gasteiger partial charge < -0.3 is 10.3 Å². The number of imidazole rings is 1. The summed E-state index contributed by atoms with van der Waals surface area (Å²) in [7, 11) is 0. The van der Waals surface area contributed by atoms with Gasteiger partial charge in [-0.2, -0.15) is 0 Å². The van der Waals surface area contributed by atoms with Crippen LogP contribution in [0.1, 0.15) is 17.0 Å². The molecule has 3 heteroatoms. The van der Waals surface area contributed by atoms with Crippen molar-refractivity contribution in [3.8, 4) is 11.4 Å². The summed E-state index contributed by atoms with van der Waals surface area (Å²) in [6.45, 7) is 5.14. The maximum absolute atomic E-state index is 4.53. The lowest BCUT2D eigenvalue weighted by Crippen LogP contribution is -1.90. The van der Waals surface area contributed by atoms with E-state index in [-0.39, 0.29) is 0 Å². The van der Waals surface area contributed by atoms with Crippen LogP contribution in [0, 0.1) is 13.8 Å². The Morgan fingerprint density at radius 1 is 1.25 bits per heavy atom. The maximum Gasteiger partial charge on any atom is 0.137 e. The molecule has 2 N–H and O–H groups in total. The lowest BCUT2D eigenvalue weighted by atomic mass is 10.1. The third-order valence-electron chi connectivity index (χ3n) is 3.22. The van der Waals surface area contributed by atoms with E-state index in [0.29, 0.717) is 0 Å². The summed E-state index contributed by atoms with van der Waals surface area (Å²) in [5.74, 6) is 0.977. The van der Waals surface area contributed by atoms with Crippen LogP contribution in [-0.2, 0) is 6.42 Å². The van der Waals surface area contributed by atoms with Crippen LogP contribution in [-0.4, -0.2) is 16.5 Å². The first-order chi connectivity index (χ1) is 7.74. The summed E-state index contributed by atoms with van der Waals surface area (Å²) in [6, 6.07) is 6.49. The Balaban J connectivity index is 2.07. The van der Waals surface area contributed by atoms with Crippen LogP contribution in [0.15, 0.2) is 18.2 Å². The van der Waals surface area contributed by atoms with Gasteiger partial charge in [0.25, 0.3) is 0 Å². The highest BCUT2D eigenvalue weighted by atomic mass is 14.9. The number of aromatic amines is 1. The number of aromatic nitrogens is 2. The smallest absolute Gasteiger partial charge is 0.137 e. The molecule has 1 aliphatic heterocycles. The molecule has 16 heavy (non-hydrogen) atoms. The van der Waals surface area contributed by atoms with E-state index in [1.165, 1.54) is 16.8 Å². The van der Waals surface area contributed by atoms with E-state index in [9.17, 15) is 0 Å². The number of hydrogen-bond donors (Lipinski definition) is 2. The SMILES string of the molecule is Cc1nc(-c2ccc3c(c2)CCN3)[nH]c1C. The van der Waals surface area contributed by atoms with E-state index in [0.717, 1.165) is 30.2 Å². The molecule has 1 aromatic heterocycles. The summed E-state index contributed by atoms with van der Waals surface area (Å²) >= 11 is 0. The largest absolute Gasteiger partial charge is 0.384 e. The zero-order chi connectivity index (χ0) is 11.1. The molecule has 0 saturated heterocycles. The quantitative estimate of drug-likeness (QED) is 0.764. The van der Waals surface area contributed by atoms with Crippen molar-refractivity contribution in [3.05, 3.63) is 35.2 Å². The van der Waals surface area contributed by atoms with Crippen molar-refractivity contribution in [1.82, 2.24) is 9.97 Å². The number of hydrogen-bond acceptors (Lipinski definition) is 2. The summed E-state index contributed by atoms with van der Waals surface area (Å²) in [6.07, 6.45) is 1.11. The van der Waals surface area contributed by atoms with Crippen molar-refractivity contribution < 1.29 is 0 Å². The van der Waals surface area contributed by atoms with E-state index in [1.807, 2.05) is 6.92 Å². The van der Waals surface area contributed by atoms with Gasteiger partial charge in [-0.15, -0.1) is 0 Å². The number of nitrogens with zero attached hydrogens (tertiary/aromatic N) is 1. The molecule has 0 spiro atoms. The van der Waals surface area contributed by atoms with Crippen molar-refractivity contribution in [2.45, 2.75) is 20.3 Å². The predicted octanol–water partition coefficient (Wildman–Crippen LogP) is 2.66. The number of nitrogens with one attached hydrogen (secondary N) is 2. The lowest BCUT2D eigenvalue weighted by Gasteiger charge is -2.02. The van der Waals surface area contributed by atoms with E-state index < -0.39 is 0 Å². The molecular formula is C13H15N3. The molecule has 0 saturated carbocycles. The number of fused-ring (bicyclic) bond motifs is 1. The van der Waals surface area contributed by atoms with Crippen LogP contribution in [0.5, 0.6) is 0 Å². The van der Waals surface area contributed by atoms with Gasteiger partial charge in [-0.3, -0.25) is 0 Å². The minimum Gasteiger partial charge on any atom is -0.384 e. The van der Waals surface area contributed by atoms with Gasteiger partial charge in [0.2, 0.25) is 0 Å². The summed E-state index contributed by atoms with van der Waals surface area (Å²) in [5, 5.41) is 3.36. The van der Waals surface area contributed by atoms with Crippen molar-refractivity contribution in [2.24, 2.45) is 0 Å². The van der Waals surface area contributed by atoms with Crippen molar-refractivity contribution >= 4 is 5.69 Å². The molecule has 3 rings (SSSR count). The fourth-order valence-electron chi connectivity index (χ4n) is 2.14. The lowest BCUT2D eigenvalue weighted by molar-refractivity contribution is 1.10. The molecule has 0 aliphatic carbocycles. The van der Waals surface area contributed by atoms with Gasteiger partial charge in [0, 0.05) is 23.5 Å². The third-order valence-corrected chi connectivity index (χ3v) is 3.22. The number of benzene rings is 1. The monoisotopic (exact) mass is 213 g/mol. The summed E-state index contributed by atoms with van der Waals surface area (Å²) < 4.78 is 0. The average Bonchev–Trinajstić information content (AvgIpc) is 2.85. The highest BCUT2D eigenvalue weighted by Crippen LogP contribution is 2.27. The Bertz CT molecular complexity index is 521. The first kappa shape index (κ1) is 9.46. The molecule has 82 valence electrons. The van der Waals surface area contributed by atoms with Gasteiger partial charge in [-0.1, -0.05) is 0 Å². The summed E-state index contributed by atoms with van der Waals surface area (Å²) in [5.41, 5.74) is 6.06. The Morgan fingerprint density at radius 3 is 2.88 bits per heavy atom. The maximum atomic E-state index is 4.53. The molecule has 0 radical (unpaired) electrons. The molecular weight excluding hydrogens is 198 g/mol. The topological polar surface area (TPSA) is 40.7 Å². The molecule has 0 fully saturated rings. The predicted molar refractivity (Wildman–Crippen MR) is 65.7 cm³/mol. The molecule has 3 nitrogen and oxygen atoms in total. The molecule has 2 heterocycles. The van der Waals surface area contributed by atoms with E-state index >= 15 is 0 Å². The number of anilines is 1. The number of H-pyrrole nitrogens is 1. The molecule has 1 aromatic carbocycles. The van der Waals surface area contributed by atoms with E-state index in [4.69, 9.17) is 0 Å². The second-order valence-corrected chi connectivity index (χ2v) is 4.34. The highest BCUT2D eigenvalue weighted by Gasteiger charge is 2.12. The van der Waals surface area contributed by atoms with Crippen LogP contribution in [0.4, 0.5) is 5.69 Å². The normalized spacial score (nSPS) is 13.6. The summed E-state index contributed by atoms with van der Waals surface area (Å²) in [4.78, 5) is 7.85. The Morgan fingerprint density at radius 2 is 2.12 bits per heavy atom. The van der Waals surface area contributed by atoms with Gasteiger partial charge in [-0.05, 0) is 44.0 Å². The van der Waals surface area contributed by atoms with Crippen LogP contribution in [0.25, 0.3) is 11.4 Å². The third kappa shape index (κ3) is 1.40. The molecule has 0 bridgehead atoms. The zero-order valence-corrected chi connectivity index (χ0v) is 9.59. The van der Waals surface area contributed by atoms with Gasteiger partial charge in [0.1, 0.15) is 5.82 Å². The van der Waals surface area contributed by atoms with E-state index in [1.54, 1.807) is 0 Å². The van der Waals surface area contributed by atoms with Crippen molar-refractivity contribution in [3.63, 3.8) is 0 Å². The second-order valence-electron chi connectivity index (χ2n) is 4.34. The Hall–Kier alpha value is -1.77. The van der Waals surface area contributed by atoms with Crippen LogP contribution < -0.4 is 5.32 Å². The van der Waals surface area contributed by atoms with Crippen LogP contribution in [0.2, 0.25) is 0 Å². The number of aryl methyl sites for hydroxylation is 2. The minimum atomic E-state index is 0.977. The highest BCUT2D eigenvalue weighted by molar-refractivity contribution is 5.66. The molecule has 2 aromatic rings. The van der Waals surface area contributed by atoms with E-state index in [2.05, 4.69) is 40.4 Å². The minimum absolute atomic E-state index is 0.977. The van der Waals surface area contributed by atoms with Gasteiger partial charge in [0.15, 0.2) is 0 Å².